The number of para-hydroxylation sites is 1. The first kappa shape index (κ1) is 23.3. The van der Waals surface area contributed by atoms with E-state index in [-0.39, 0.29) is 0 Å². The van der Waals surface area contributed by atoms with Gasteiger partial charge in [0, 0.05) is 41.0 Å². The lowest BCUT2D eigenvalue weighted by atomic mass is 9.91. The molecule has 0 unspecified atom stereocenters. The second kappa shape index (κ2) is 9.29. The number of benzene rings is 2. The molecule has 0 amide bonds. The molecule has 2 aliphatic rings. The van der Waals surface area contributed by atoms with Gasteiger partial charge in [0.2, 0.25) is 5.95 Å². The average Bonchev–Trinajstić information content (AvgIpc) is 3.64. The molecule has 0 radical (unpaired) electrons. The van der Waals surface area contributed by atoms with Crippen LogP contribution in [-0.4, -0.2) is 45.2 Å². The van der Waals surface area contributed by atoms with E-state index in [0.717, 1.165) is 25.2 Å². The lowest BCUT2D eigenvalue weighted by molar-refractivity contribution is 0.312. The van der Waals surface area contributed by atoms with Gasteiger partial charge in [0.15, 0.2) is 5.82 Å². The summed E-state index contributed by atoms with van der Waals surface area (Å²) in [6, 6.07) is 13.9. The molecule has 35 heavy (non-hydrogen) atoms. The fourth-order valence-electron chi connectivity index (χ4n) is 4.48. The van der Waals surface area contributed by atoms with Crippen molar-refractivity contribution < 1.29 is 4.21 Å². The molecule has 1 fully saturated rings. The van der Waals surface area contributed by atoms with E-state index in [2.05, 4.69) is 55.1 Å². The first-order valence-corrected chi connectivity index (χ1v) is 14.0. The highest BCUT2D eigenvalue weighted by Gasteiger charge is 2.29. The Morgan fingerprint density at radius 1 is 1.20 bits per heavy atom. The monoisotopic (exact) mass is 487 g/mol. The van der Waals surface area contributed by atoms with Gasteiger partial charge < -0.3 is 15.5 Å². The van der Waals surface area contributed by atoms with Gasteiger partial charge in [-0.25, -0.2) is 9.19 Å². The highest BCUT2D eigenvalue weighted by Crippen LogP contribution is 2.44. The van der Waals surface area contributed by atoms with Crippen molar-refractivity contribution in [2.75, 3.05) is 36.7 Å². The number of nitriles is 1. The van der Waals surface area contributed by atoms with E-state index in [1.165, 1.54) is 35.7 Å². The molecule has 1 saturated carbocycles. The first-order valence-electron chi connectivity index (χ1n) is 11.7. The summed E-state index contributed by atoms with van der Waals surface area (Å²) in [6.07, 6.45) is 8.27. The Morgan fingerprint density at radius 2 is 2.00 bits per heavy atom. The summed E-state index contributed by atoms with van der Waals surface area (Å²) < 4.78 is 16.6. The van der Waals surface area contributed by atoms with Gasteiger partial charge in [0.1, 0.15) is 11.6 Å². The number of hydrogen-bond donors (Lipinski definition) is 2. The summed E-state index contributed by atoms with van der Waals surface area (Å²) in [4.78, 5) is 11.3. The second-order valence-corrected chi connectivity index (χ2v) is 12.1. The molecule has 1 aliphatic heterocycles. The Balaban J connectivity index is 1.47. The number of rotatable bonds is 6. The van der Waals surface area contributed by atoms with Gasteiger partial charge in [-0.1, -0.05) is 12.1 Å². The Labute approximate surface area is 206 Å². The van der Waals surface area contributed by atoms with E-state index in [1.807, 2.05) is 18.2 Å². The molecule has 9 heteroatoms. The zero-order valence-electron chi connectivity index (χ0n) is 20.2. The average molecular weight is 488 g/mol. The molecule has 8 nitrogen and oxygen atoms in total. The minimum atomic E-state index is -2.35. The first-order chi connectivity index (χ1) is 16.8. The zero-order valence-corrected chi connectivity index (χ0v) is 21.0. The van der Waals surface area contributed by atoms with Crippen LogP contribution in [0.1, 0.15) is 41.0 Å². The molecule has 1 aliphatic carbocycles. The fraction of sp³-hybridized carbons (Fsp3) is 0.346. The van der Waals surface area contributed by atoms with Crippen LogP contribution in [0.5, 0.6) is 0 Å². The van der Waals surface area contributed by atoms with Gasteiger partial charge in [0.05, 0.1) is 17.6 Å². The van der Waals surface area contributed by atoms with Crippen LogP contribution in [0, 0.1) is 11.3 Å². The van der Waals surface area contributed by atoms with Crippen LogP contribution in [0.4, 0.5) is 28.8 Å². The van der Waals surface area contributed by atoms with Crippen LogP contribution >= 0.6 is 0 Å². The molecule has 2 N–H and O–H groups in total. The van der Waals surface area contributed by atoms with Crippen molar-refractivity contribution in [2.45, 2.75) is 31.7 Å². The van der Waals surface area contributed by atoms with Crippen LogP contribution in [0.25, 0.3) is 0 Å². The van der Waals surface area contributed by atoms with Crippen molar-refractivity contribution in [3.8, 4) is 6.07 Å². The number of aromatic nitrogens is 2. The van der Waals surface area contributed by atoms with Gasteiger partial charge in [-0.15, -0.1) is 0 Å². The number of nitrogens with zero attached hydrogens (tertiary/aromatic N) is 5. The molecule has 1 aromatic heterocycles. The van der Waals surface area contributed by atoms with E-state index < -0.39 is 9.73 Å². The number of likely N-dealkylation sites (N-methyl/N-ethyl adjacent to an activating group) is 1. The van der Waals surface area contributed by atoms with Crippen molar-refractivity contribution in [3.63, 3.8) is 0 Å². The summed E-state index contributed by atoms with van der Waals surface area (Å²) >= 11 is 0. The SMILES string of the molecule is CN1CCc2c(cc(Nc3ncc(C#N)c(Nc4ccccc4N=S(C)(C)=O)n3)cc2C2CC2)C1. The number of hydrogen-bond acceptors (Lipinski definition) is 8. The molecule has 0 bridgehead atoms. The summed E-state index contributed by atoms with van der Waals surface area (Å²) in [6.45, 7) is 2.02. The third kappa shape index (κ3) is 5.45. The van der Waals surface area contributed by atoms with Crippen LogP contribution < -0.4 is 10.6 Å². The van der Waals surface area contributed by atoms with Crippen LogP contribution in [-0.2, 0) is 22.7 Å². The highest BCUT2D eigenvalue weighted by atomic mass is 32.2. The molecule has 5 rings (SSSR count). The molecule has 3 aromatic rings. The molecule has 2 aromatic carbocycles. The largest absolute Gasteiger partial charge is 0.337 e. The van der Waals surface area contributed by atoms with Crippen LogP contribution in [0.15, 0.2) is 47.0 Å². The zero-order chi connectivity index (χ0) is 24.6. The number of nitrogens with one attached hydrogen (secondary N) is 2. The summed E-state index contributed by atoms with van der Waals surface area (Å²) in [5.41, 5.74) is 6.75. The smallest absolute Gasteiger partial charge is 0.229 e. The predicted molar refractivity (Wildman–Crippen MR) is 140 cm³/mol. The van der Waals surface area contributed by atoms with Gasteiger partial charge in [-0.2, -0.15) is 14.6 Å². The lowest BCUT2D eigenvalue weighted by Gasteiger charge is -2.28. The molecular weight excluding hydrogens is 458 g/mol. The molecule has 0 atom stereocenters. The Kier molecular flexibility index (Phi) is 6.17. The van der Waals surface area contributed by atoms with Crippen molar-refractivity contribution in [2.24, 2.45) is 4.36 Å². The Hall–Kier alpha value is -3.48. The van der Waals surface area contributed by atoms with Gasteiger partial charge >= 0.3 is 0 Å². The summed E-state index contributed by atoms with van der Waals surface area (Å²) in [7, 11) is -0.199. The van der Waals surface area contributed by atoms with Crippen LogP contribution in [0.3, 0.4) is 0 Å². The van der Waals surface area contributed by atoms with E-state index in [1.54, 1.807) is 18.6 Å². The second-order valence-electron chi connectivity index (χ2n) is 9.57. The molecule has 2 heterocycles. The molecule has 0 saturated heterocycles. The Morgan fingerprint density at radius 3 is 2.74 bits per heavy atom. The number of fused-ring (bicyclic) bond motifs is 1. The van der Waals surface area contributed by atoms with E-state index in [9.17, 15) is 9.47 Å². The van der Waals surface area contributed by atoms with Crippen molar-refractivity contribution in [3.05, 3.63) is 64.8 Å². The third-order valence-corrected chi connectivity index (χ3v) is 6.85. The van der Waals surface area contributed by atoms with Gasteiger partial charge in [-0.3, -0.25) is 0 Å². The quantitative estimate of drug-likeness (QED) is 0.500. The Bertz CT molecular complexity index is 1440. The van der Waals surface area contributed by atoms with Crippen molar-refractivity contribution in [1.82, 2.24) is 14.9 Å². The van der Waals surface area contributed by atoms with Crippen molar-refractivity contribution in [1.29, 1.82) is 5.26 Å². The van der Waals surface area contributed by atoms with E-state index in [0.29, 0.717) is 34.6 Å². The third-order valence-electron chi connectivity index (χ3n) is 6.22. The summed E-state index contributed by atoms with van der Waals surface area (Å²) in [5, 5.41) is 16.2. The molecule has 0 spiro atoms. The topological polar surface area (TPSA) is 106 Å². The maximum Gasteiger partial charge on any atom is 0.229 e. The van der Waals surface area contributed by atoms with E-state index >= 15 is 0 Å². The summed E-state index contributed by atoms with van der Waals surface area (Å²) in [5.74, 6) is 1.42. The van der Waals surface area contributed by atoms with E-state index in [4.69, 9.17) is 0 Å². The maximum absolute atomic E-state index is 12.3. The van der Waals surface area contributed by atoms with Gasteiger partial charge in [0.25, 0.3) is 0 Å². The normalized spacial score (nSPS) is 15.7. The minimum absolute atomic E-state index is 0.310. The van der Waals surface area contributed by atoms with Crippen LogP contribution in [0.2, 0.25) is 0 Å². The molecule has 180 valence electrons. The van der Waals surface area contributed by atoms with Crippen molar-refractivity contribution >= 4 is 38.6 Å². The standard InChI is InChI=1S/C26H29N7OS/c1-33-11-10-21-18(16-33)12-20(13-22(21)17-8-9-17)29-26-28-15-19(14-27)25(31-26)30-23-6-4-5-7-24(23)32-35(2,3)34/h4-7,12-13,15,17H,8-11,16H2,1-3H3,(H2,28,29,30,31). The van der Waals surface area contributed by atoms with Gasteiger partial charge in [-0.05, 0) is 73.2 Å². The highest BCUT2D eigenvalue weighted by molar-refractivity contribution is 7.92. The maximum atomic E-state index is 12.3. The predicted octanol–water partition coefficient (Wildman–Crippen LogP) is 5.06. The molecular formula is C26H29N7OS. The lowest BCUT2D eigenvalue weighted by Crippen LogP contribution is -2.27. The number of anilines is 4. The minimum Gasteiger partial charge on any atom is -0.337 e. The fourth-order valence-corrected chi connectivity index (χ4v) is 5.11.